The highest BCUT2D eigenvalue weighted by molar-refractivity contribution is 5.59. The molecule has 0 amide bonds. The molecule has 1 aliphatic rings. The molecule has 1 aliphatic heterocycles. The molecule has 82 valence electrons. The molecule has 0 aromatic heterocycles. The minimum atomic E-state index is -0.819. The zero-order valence-corrected chi connectivity index (χ0v) is 9.29. The zero-order valence-electron chi connectivity index (χ0n) is 9.29. The Morgan fingerprint density at radius 1 is 1.47 bits per heavy atom. The maximum Gasteiger partial charge on any atom is 0.128 e. The van der Waals surface area contributed by atoms with Crippen molar-refractivity contribution >= 4 is 5.69 Å². The molecule has 0 spiro atoms. The van der Waals surface area contributed by atoms with Crippen LogP contribution >= 0.6 is 0 Å². The van der Waals surface area contributed by atoms with Gasteiger partial charge in [-0.3, -0.25) is 0 Å². The number of hydrogen-bond acceptors (Lipinski definition) is 2. The predicted molar refractivity (Wildman–Crippen MR) is 58.6 cm³/mol. The fourth-order valence-electron chi connectivity index (χ4n) is 2.30. The summed E-state index contributed by atoms with van der Waals surface area (Å²) in [5, 5.41) is 9.99. The van der Waals surface area contributed by atoms with E-state index in [4.69, 9.17) is 0 Å². The smallest absolute Gasteiger partial charge is 0.128 e. The highest BCUT2D eigenvalue weighted by Gasteiger charge is 2.37. The van der Waals surface area contributed by atoms with E-state index in [0.29, 0.717) is 12.0 Å². The molecule has 0 fully saturated rings. The van der Waals surface area contributed by atoms with Crippen LogP contribution in [0.1, 0.15) is 19.4 Å². The second-order valence-corrected chi connectivity index (χ2v) is 4.72. The Morgan fingerprint density at radius 3 is 2.67 bits per heavy atom. The molecule has 1 heterocycles. The minimum absolute atomic E-state index is 0.0515. The van der Waals surface area contributed by atoms with E-state index >= 15 is 0 Å². The molecule has 2 nitrogen and oxygen atoms in total. The number of nitrogens with zero attached hydrogens (tertiary/aromatic N) is 1. The number of hydrogen-bond donors (Lipinski definition) is 1. The summed E-state index contributed by atoms with van der Waals surface area (Å²) in [6.07, 6.45) is 0.571. The lowest BCUT2D eigenvalue weighted by atomic mass is 9.95. The van der Waals surface area contributed by atoms with Gasteiger partial charge in [0.1, 0.15) is 5.82 Å². The summed E-state index contributed by atoms with van der Waals surface area (Å²) in [6, 6.07) is 5.02. The Kier molecular flexibility index (Phi) is 2.23. The van der Waals surface area contributed by atoms with Gasteiger partial charge in [0, 0.05) is 24.7 Å². The maximum absolute atomic E-state index is 13.5. The molecule has 0 saturated heterocycles. The second kappa shape index (κ2) is 3.20. The van der Waals surface area contributed by atoms with Crippen molar-refractivity contribution in [1.29, 1.82) is 0 Å². The first-order chi connectivity index (χ1) is 6.91. The first kappa shape index (κ1) is 10.4. The number of benzene rings is 1. The van der Waals surface area contributed by atoms with E-state index in [1.165, 1.54) is 6.07 Å². The average molecular weight is 209 g/mol. The minimum Gasteiger partial charge on any atom is -0.388 e. The normalized spacial score (nSPS) is 20.6. The maximum atomic E-state index is 13.5. The Hall–Kier alpha value is -1.09. The third-order valence-electron chi connectivity index (χ3n) is 3.15. The van der Waals surface area contributed by atoms with E-state index < -0.39 is 5.60 Å². The lowest BCUT2D eigenvalue weighted by Crippen LogP contribution is -2.46. The van der Waals surface area contributed by atoms with Gasteiger partial charge >= 0.3 is 0 Å². The van der Waals surface area contributed by atoms with Gasteiger partial charge in [0.05, 0.1) is 11.6 Å². The Labute approximate surface area is 89.3 Å². The number of halogens is 1. The van der Waals surface area contributed by atoms with Gasteiger partial charge < -0.3 is 10.0 Å². The number of aliphatic hydroxyl groups is 1. The fourth-order valence-corrected chi connectivity index (χ4v) is 2.30. The van der Waals surface area contributed by atoms with Crippen LogP contribution in [0.25, 0.3) is 0 Å². The summed E-state index contributed by atoms with van der Waals surface area (Å²) in [5.41, 5.74) is 0.787. The summed E-state index contributed by atoms with van der Waals surface area (Å²) >= 11 is 0. The number of likely N-dealkylation sites (N-methyl/N-ethyl adjacent to an activating group) is 1. The molecule has 2 rings (SSSR count). The predicted octanol–water partition coefficient (Wildman–Crippen LogP) is 1.96. The molecular formula is C12H16FNO. The third kappa shape index (κ3) is 1.61. The molecule has 3 heteroatoms. The van der Waals surface area contributed by atoms with Crippen molar-refractivity contribution in [3.63, 3.8) is 0 Å². The third-order valence-corrected chi connectivity index (χ3v) is 3.15. The van der Waals surface area contributed by atoms with Crippen LogP contribution in [0.2, 0.25) is 0 Å². The average Bonchev–Trinajstić information content (AvgIpc) is 2.45. The van der Waals surface area contributed by atoms with Gasteiger partial charge in [-0.15, -0.1) is 0 Å². The van der Waals surface area contributed by atoms with E-state index in [2.05, 4.69) is 0 Å². The summed E-state index contributed by atoms with van der Waals surface area (Å²) < 4.78 is 13.5. The Bertz CT molecular complexity index is 384. The topological polar surface area (TPSA) is 23.5 Å². The molecule has 0 radical (unpaired) electrons. The van der Waals surface area contributed by atoms with Gasteiger partial charge in [0.2, 0.25) is 0 Å². The van der Waals surface area contributed by atoms with Crippen LogP contribution < -0.4 is 4.90 Å². The molecule has 1 aromatic rings. The lowest BCUT2D eigenvalue weighted by Gasteiger charge is -2.32. The molecule has 1 unspecified atom stereocenters. The molecule has 1 N–H and O–H groups in total. The SMILES string of the molecule is CN1c2cccc(F)c2CC1C(C)(C)O. The van der Waals surface area contributed by atoms with Crippen LogP contribution in [-0.4, -0.2) is 23.8 Å². The summed E-state index contributed by atoms with van der Waals surface area (Å²) in [5.74, 6) is -0.175. The van der Waals surface area contributed by atoms with Gasteiger partial charge in [-0.1, -0.05) is 6.07 Å². The van der Waals surface area contributed by atoms with Gasteiger partial charge in [-0.25, -0.2) is 4.39 Å². The Morgan fingerprint density at radius 2 is 2.13 bits per heavy atom. The van der Waals surface area contributed by atoms with Crippen LogP contribution in [0.15, 0.2) is 18.2 Å². The van der Waals surface area contributed by atoms with E-state index in [0.717, 1.165) is 5.69 Å². The van der Waals surface area contributed by atoms with Crippen molar-refractivity contribution in [2.75, 3.05) is 11.9 Å². The molecular weight excluding hydrogens is 193 g/mol. The molecule has 15 heavy (non-hydrogen) atoms. The van der Waals surface area contributed by atoms with Crippen LogP contribution in [0.4, 0.5) is 10.1 Å². The van der Waals surface area contributed by atoms with E-state index in [-0.39, 0.29) is 11.9 Å². The molecule has 1 atom stereocenters. The van der Waals surface area contributed by atoms with Crippen molar-refractivity contribution in [1.82, 2.24) is 0 Å². The van der Waals surface area contributed by atoms with Crippen molar-refractivity contribution in [2.45, 2.75) is 31.9 Å². The molecule has 1 aromatic carbocycles. The van der Waals surface area contributed by atoms with Crippen LogP contribution in [0.3, 0.4) is 0 Å². The second-order valence-electron chi connectivity index (χ2n) is 4.72. The van der Waals surface area contributed by atoms with E-state index in [1.54, 1.807) is 19.9 Å². The van der Waals surface area contributed by atoms with Crippen molar-refractivity contribution in [2.24, 2.45) is 0 Å². The number of anilines is 1. The first-order valence-electron chi connectivity index (χ1n) is 5.14. The van der Waals surface area contributed by atoms with Crippen LogP contribution in [0.5, 0.6) is 0 Å². The van der Waals surface area contributed by atoms with Crippen molar-refractivity contribution in [3.05, 3.63) is 29.6 Å². The lowest BCUT2D eigenvalue weighted by molar-refractivity contribution is 0.0532. The standard InChI is InChI=1S/C12H16FNO/c1-12(2,15)11-7-8-9(13)5-4-6-10(8)14(11)3/h4-6,11,15H,7H2,1-3H3. The van der Waals surface area contributed by atoms with Crippen LogP contribution in [-0.2, 0) is 6.42 Å². The Balaban J connectivity index is 2.42. The summed E-state index contributed by atoms with van der Waals surface area (Å²) in [6.45, 7) is 3.52. The molecule has 0 bridgehead atoms. The summed E-state index contributed by atoms with van der Waals surface area (Å²) in [7, 11) is 1.90. The highest BCUT2D eigenvalue weighted by Crippen LogP contribution is 2.36. The number of rotatable bonds is 1. The van der Waals surface area contributed by atoms with Gasteiger partial charge in [-0.2, -0.15) is 0 Å². The van der Waals surface area contributed by atoms with Gasteiger partial charge in [0.25, 0.3) is 0 Å². The summed E-state index contributed by atoms with van der Waals surface area (Å²) in [4.78, 5) is 1.96. The fraction of sp³-hybridized carbons (Fsp3) is 0.500. The molecule has 0 saturated carbocycles. The monoisotopic (exact) mass is 209 g/mol. The zero-order chi connectivity index (χ0) is 11.2. The van der Waals surface area contributed by atoms with Crippen LogP contribution in [0, 0.1) is 5.82 Å². The molecule has 0 aliphatic carbocycles. The largest absolute Gasteiger partial charge is 0.388 e. The van der Waals surface area contributed by atoms with Crippen molar-refractivity contribution in [3.8, 4) is 0 Å². The highest BCUT2D eigenvalue weighted by atomic mass is 19.1. The van der Waals surface area contributed by atoms with E-state index in [9.17, 15) is 9.50 Å². The van der Waals surface area contributed by atoms with Gasteiger partial charge in [-0.05, 0) is 26.0 Å². The quantitative estimate of drug-likeness (QED) is 0.764. The van der Waals surface area contributed by atoms with E-state index in [1.807, 2.05) is 18.0 Å². The van der Waals surface area contributed by atoms with Crippen molar-refractivity contribution < 1.29 is 9.50 Å². The first-order valence-corrected chi connectivity index (χ1v) is 5.14. The number of fused-ring (bicyclic) bond motifs is 1. The van der Waals surface area contributed by atoms with Gasteiger partial charge in [0.15, 0.2) is 0 Å².